The molecule has 1 fully saturated rings. The van der Waals surface area contributed by atoms with Gasteiger partial charge in [-0.05, 0) is 36.5 Å². The summed E-state index contributed by atoms with van der Waals surface area (Å²) < 4.78 is 0. The molecule has 1 aromatic carbocycles. The van der Waals surface area contributed by atoms with Crippen LogP contribution in [0, 0.1) is 5.92 Å². The number of phenolic OH excluding ortho intramolecular Hbond substituents is 1. The molecular weight excluding hydrogens is 212 g/mol. The van der Waals surface area contributed by atoms with Gasteiger partial charge in [0, 0.05) is 17.9 Å². The number of rotatable bonds is 4. The van der Waals surface area contributed by atoms with E-state index in [0.29, 0.717) is 23.8 Å². The third-order valence-electron chi connectivity index (χ3n) is 2.64. The van der Waals surface area contributed by atoms with Gasteiger partial charge in [-0.15, -0.1) is 0 Å². The second-order valence-electron chi connectivity index (χ2n) is 4.14. The monoisotopic (exact) mass is 224 g/mol. The second-order valence-corrected chi connectivity index (χ2v) is 4.55. The van der Waals surface area contributed by atoms with Crippen molar-refractivity contribution in [1.29, 1.82) is 0 Å². The van der Waals surface area contributed by atoms with Crippen molar-refractivity contribution < 1.29 is 9.90 Å². The molecule has 1 aromatic rings. The molecule has 0 heterocycles. The van der Waals surface area contributed by atoms with Gasteiger partial charge >= 0.3 is 0 Å². The number of ketones is 1. The van der Waals surface area contributed by atoms with E-state index in [1.54, 1.807) is 12.1 Å². The molecule has 1 aliphatic carbocycles. The summed E-state index contributed by atoms with van der Waals surface area (Å²) in [4.78, 5) is 11.6. The Hall–Kier alpha value is -1.02. The average Bonchev–Trinajstić information content (AvgIpc) is 2.94. The lowest BCUT2D eigenvalue weighted by atomic mass is 10.1. The topological polar surface area (TPSA) is 37.3 Å². The fourth-order valence-corrected chi connectivity index (χ4v) is 1.85. The number of hydrogen-bond donors (Lipinski definition) is 1. The van der Waals surface area contributed by atoms with E-state index >= 15 is 0 Å². The Morgan fingerprint density at radius 1 is 1.47 bits per heavy atom. The Balaban J connectivity index is 1.99. The van der Waals surface area contributed by atoms with Crippen molar-refractivity contribution in [3.63, 3.8) is 0 Å². The maximum Gasteiger partial charge on any atom is 0.137 e. The number of halogens is 1. The van der Waals surface area contributed by atoms with Crippen molar-refractivity contribution in [3.8, 4) is 5.75 Å². The standard InChI is InChI=1S/C12H13ClO2/c13-12-7-10(14)4-3-9(12)6-11(15)5-8-1-2-8/h3-4,7-8,14H,1-2,5-6H2. The lowest BCUT2D eigenvalue weighted by molar-refractivity contribution is -0.118. The minimum Gasteiger partial charge on any atom is -0.508 e. The summed E-state index contributed by atoms with van der Waals surface area (Å²) in [5, 5.41) is 9.63. The van der Waals surface area contributed by atoms with E-state index in [0.717, 1.165) is 5.56 Å². The van der Waals surface area contributed by atoms with Crippen LogP contribution in [-0.2, 0) is 11.2 Å². The minimum absolute atomic E-state index is 0.137. The Kier molecular flexibility index (Phi) is 2.96. The van der Waals surface area contributed by atoms with E-state index in [1.807, 2.05) is 0 Å². The predicted molar refractivity (Wildman–Crippen MR) is 59.2 cm³/mol. The minimum atomic E-state index is 0.137. The highest BCUT2D eigenvalue weighted by atomic mass is 35.5. The molecule has 2 rings (SSSR count). The maximum absolute atomic E-state index is 11.6. The summed E-state index contributed by atoms with van der Waals surface area (Å²) >= 11 is 5.91. The molecule has 0 unspecified atom stereocenters. The molecule has 0 atom stereocenters. The van der Waals surface area contributed by atoms with Crippen LogP contribution in [0.1, 0.15) is 24.8 Å². The van der Waals surface area contributed by atoms with Crippen molar-refractivity contribution in [2.75, 3.05) is 0 Å². The average molecular weight is 225 g/mol. The lowest BCUT2D eigenvalue weighted by Crippen LogP contribution is -2.03. The van der Waals surface area contributed by atoms with Gasteiger partial charge in [0.15, 0.2) is 0 Å². The van der Waals surface area contributed by atoms with Crippen LogP contribution < -0.4 is 0 Å². The summed E-state index contributed by atoms with van der Waals surface area (Å²) in [6.07, 6.45) is 3.44. The van der Waals surface area contributed by atoms with Gasteiger partial charge in [0.2, 0.25) is 0 Å². The molecule has 0 radical (unpaired) electrons. The normalized spacial score (nSPS) is 15.3. The number of benzene rings is 1. The molecule has 0 amide bonds. The molecule has 15 heavy (non-hydrogen) atoms. The molecule has 1 saturated carbocycles. The molecule has 80 valence electrons. The zero-order chi connectivity index (χ0) is 10.8. The van der Waals surface area contributed by atoms with E-state index in [2.05, 4.69) is 0 Å². The summed E-state index contributed by atoms with van der Waals surface area (Å²) in [5.74, 6) is 0.997. The molecule has 0 aromatic heterocycles. The summed E-state index contributed by atoms with van der Waals surface area (Å²) in [7, 11) is 0. The van der Waals surface area contributed by atoms with E-state index < -0.39 is 0 Å². The van der Waals surface area contributed by atoms with Gasteiger partial charge in [0.1, 0.15) is 11.5 Å². The third kappa shape index (κ3) is 2.96. The summed E-state index contributed by atoms with van der Waals surface area (Å²) in [6.45, 7) is 0. The van der Waals surface area contributed by atoms with Crippen LogP contribution in [0.3, 0.4) is 0 Å². The molecule has 1 aliphatic rings. The van der Waals surface area contributed by atoms with E-state index in [-0.39, 0.29) is 11.5 Å². The Morgan fingerprint density at radius 2 is 2.20 bits per heavy atom. The Morgan fingerprint density at radius 3 is 2.80 bits per heavy atom. The number of phenols is 1. The van der Waals surface area contributed by atoms with Crippen LogP contribution in [0.2, 0.25) is 5.02 Å². The van der Waals surface area contributed by atoms with E-state index in [4.69, 9.17) is 16.7 Å². The highest BCUT2D eigenvalue weighted by molar-refractivity contribution is 6.31. The quantitative estimate of drug-likeness (QED) is 0.854. The van der Waals surface area contributed by atoms with Gasteiger partial charge in [0.05, 0.1) is 0 Å². The first kappa shape index (κ1) is 10.5. The fourth-order valence-electron chi connectivity index (χ4n) is 1.61. The largest absolute Gasteiger partial charge is 0.508 e. The fraction of sp³-hybridized carbons (Fsp3) is 0.417. The zero-order valence-electron chi connectivity index (χ0n) is 8.37. The predicted octanol–water partition coefficient (Wildman–Crippen LogP) is 2.96. The highest BCUT2D eigenvalue weighted by Gasteiger charge is 2.24. The van der Waals surface area contributed by atoms with Crippen LogP contribution in [0.15, 0.2) is 18.2 Å². The lowest BCUT2D eigenvalue weighted by Gasteiger charge is -2.03. The first-order valence-corrected chi connectivity index (χ1v) is 5.52. The smallest absolute Gasteiger partial charge is 0.137 e. The van der Waals surface area contributed by atoms with Crippen LogP contribution in [-0.4, -0.2) is 10.9 Å². The van der Waals surface area contributed by atoms with Gasteiger partial charge in [-0.3, -0.25) is 4.79 Å². The highest BCUT2D eigenvalue weighted by Crippen LogP contribution is 2.33. The van der Waals surface area contributed by atoms with E-state index in [1.165, 1.54) is 18.9 Å². The SMILES string of the molecule is O=C(Cc1ccc(O)cc1Cl)CC1CC1. The zero-order valence-corrected chi connectivity index (χ0v) is 9.13. The number of carbonyl (C=O) groups excluding carboxylic acids is 1. The van der Waals surface area contributed by atoms with Crippen LogP contribution in [0.25, 0.3) is 0 Å². The van der Waals surface area contributed by atoms with Crippen molar-refractivity contribution in [3.05, 3.63) is 28.8 Å². The molecule has 0 saturated heterocycles. The van der Waals surface area contributed by atoms with Crippen molar-refractivity contribution in [2.24, 2.45) is 5.92 Å². The number of aromatic hydroxyl groups is 1. The summed E-state index contributed by atoms with van der Waals surface area (Å²) in [5.41, 5.74) is 0.806. The second kappa shape index (κ2) is 4.23. The van der Waals surface area contributed by atoms with Gasteiger partial charge in [-0.1, -0.05) is 17.7 Å². The molecular formula is C12H13ClO2. The number of hydrogen-bond acceptors (Lipinski definition) is 2. The third-order valence-corrected chi connectivity index (χ3v) is 2.99. The molecule has 0 spiro atoms. The number of carbonyl (C=O) groups is 1. The molecule has 0 aliphatic heterocycles. The van der Waals surface area contributed by atoms with Crippen molar-refractivity contribution in [1.82, 2.24) is 0 Å². The Bertz CT molecular complexity index is 383. The molecule has 1 N–H and O–H groups in total. The van der Waals surface area contributed by atoms with Crippen LogP contribution >= 0.6 is 11.6 Å². The van der Waals surface area contributed by atoms with Crippen molar-refractivity contribution in [2.45, 2.75) is 25.7 Å². The number of Topliss-reactive ketones (excluding diaryl/α,β-unsaturated/α-hetero) is 1. The molecule has 3 heteroatoms. The van der Waals surface area contributed by atoms with Crippen LogP contribution in [0.5, 0.6) is 5.75 Å². The first-order valence-electron chi connectivity index (χ1n) is 5.14. The van der Waals surface area contributed by atoms with Crippen LogP contribution in [0.4, 0.5) is 0 Å². The summed E-state index contributed by atoms with van der Waals surface area (Å²) in [6, 6.07) is 4.75. The Labute approximate surface area is 93.9 Å². The van der Waals surface area contributed by atoms with Crippen molar-refractivity contribution >= 4 is 17.4 Å². The molecule has 2 nitrogen and oxygen atoms in total. The first-order chi connectivity index (χ1) is 7.15. The van der Waals surface area contributed by atoms with Gasteiger partial charge in [-0.25, -0.2) is 0 Å². The maximum atomic E-state index is 11.6. The van der Waals surface area contributed by atoms with Gasteiger partial charge < -0.3 is 5.11 Å². The van der Waals surface area contributed by atoms with Gasteiger partial charge in [0.25, 0.3) is 0 Å². The van der Waals surface area contributed by atoms with E-state index in [9.17, 15) is 4.79 Å². The molecule has 0 bridgehead atoms. The van der Waals surface area contributed by atoms with Gasteiger partial charge in [-0.2, -0.15) is 0 Å².